The maximum absolute atomic E-state index is 13.7. The number of aromatic nitrogens is 1. The van der Waals surface area contributed by atoms with Crippen LogP contribution in [0.4, 0.5) is 0 Å². The number of carbonyl (C=O) groups is 1. The lowest BCUT2D eigenvalue weighted by molar-refractivity contribution is 0.0697. The van der Waals surface area contributed by atoms with Gasteiger partial charge in [0.15, 0.2) is 4.80 Å². The standard InChI is InChI=1S/C29H22N2O3S/c1-17-6-10-20(11-7-17)26-23-15-14-19-4-2-3-5-22(19)25(23)30-29-31(26)27(32)24(35-29)16-18-8-12-21(13-9-18)28(33)34/h2-13,16,26H,14-15H2,1H3,(H,33,34)/b24-16+. The molecule has 1 N–H and O–H groups in total. The second kappa shape index (κ2) is 8.32. The number of hydrogen-bond acceptors (Lipinski definition) is 4. The molecule has 0 bridgehead atoms. The molecule has 0 radical (unpaired) electrons. The van der Waals surface area contributed by atoms with Crippen LogP contribution in [0, 0.1) is 6.92 Å². The average Bonchev–Trinajstić information content (AvgIpc) is 3.18. The number of carboxylic acid groups (broad SMARTS) is 1. The summed E-state index contributed by atoms with van der Waals surface area (Å²) in [5.41, 5.74) is 7.77. The van der Waals surface area contributed by atoms with Gasteiger partial charge in [-0.15, -0.1) is 0 Å². The van der Waals surface area contributed by atoms with Crippen LogP contribution >= 0.6 is 11.3 Å². The van der Waals surface area contributed by atoms with Crippen LogP contribution in [-0.4, -0.2) is 15.6 Å². The van der Waals surface area contributed by atoms with Crippen molar-refractivity contribution in [1.82, 2.24) is 4.57 Å². The van der Waals surface area contributed by atoms with E-state index >= 15 is 0 Å². The molecule has 35 heavy (non-hydrogen) atoms. The predicted molar refractivity (Wildman–Crippen MR) is 137 cm³/mol. The molecule has 6 rings (SSSR count). The van der Waals surface area contributed by atoms with E-state index in [9.17, 15) is 9.59 Å². The third-order valence-corrected chi connectivity index (χ3v) is 7.70. The molecule has 172 valence electrons. The lowest BCUT2D eigenvalue weighted by Crippen LogP contribution is -2.38. The Morgan fingerprint density at radius 3 is 2.51 bits per heavy atom. The number of nitrogens with zero attached hydrogens (tertiary/aromatic N) is 2. The predicted octanol–water partition coefficient (Wildman–Crippen LogP) is 4.33. The van der Waals surface area contributed by atoms with Crippen LogP contribution in [0.2, 0.25) is 0 Å². The molecule has 4 aromatic rings. The summed E-state index contributed by atoms with van der Waals surface area (Å²) in [6.07, 6.45) is 3.60. The summed E-state index contributed by atoms with van der Waals surface area (Å²) in [4.78, 5) is 30.6. The van der Waals surface area contributed by atoms with Crippen molar-refractivity contribution in [1.29, 1.82) is 0 Å². The highest BCUT2D eigenvalue weighted by Crippen LogP contribution is 2.41. The molecule has 1 aliphatic heterocycles. The van der Waals surface area contributed by atoms with Crippen LogP contribution in [0.25, 0.3) is 11.8 Å². The molecule has 0 fully saturated rings. The number of allylic oxidation sites excluding steroid dienone is 1. The van der Waals surface area contributed by atoms with Crippen LogP contribution in [0.5, 0.6) is 0 Å². The van der Waals surface area contributed by atoms with Gasteiger partial charge in [-0.3, -0.25) is 9.36 Å². The molecule has 5 nitrogen and oxygen atoms in total. The van der Waals surface area contributed by atoms with Crippen LogP contribution < -0.4 is 14.9 Å². The van der Waals surface area contributed by atoms with Crippen molar-refractivity contribution >= 4 is 29.1 Å². The minimum absolute atomic E-state index is 0.0768. The fourth-order valence-electron chi connectivity index (χ4n) is 4.94. The second-order valence-electron chi connectivity index (χ2n) is 8.95. The summed E-state index contributed by atoms with van der Waals surface area (Å²) >= 11 is 1.38. The Morgan fingerprint density at radius 2 is 1.77 bits per heavy atom. The Labute approximate surface area is 205 Å². The minimum atomic E-state index is -0.972. The number of rotatable bonds is 3. The van der Waals surface area contributed by atoms with Crippen LogP contribution in [0.3, 0.4) is 0 Å². The van der Waals surface area contributed by atoms with Crippen molar-refractivity contribution in [2.75, 3.05) is 0 Å². The zero-order valence-electron chi connectivity index (χ0n) is 19.1. The number of aromatic carboxylic acids is 1. The molecule has 3 aromatic carbocycles. The van der Waals surface area contributed by atoms with Crippen LogP contribution in [0.1, 0.15) is 50.6 Å². The number of hydrogen-bond donors (Lipinski definition) is 1. The number of aryl methyl sites for hydroxylation is 2. The van der Waals surface area contributed by atoms with Gasteiger partial charge in [0.1, 0.15) is 0 Å². The van der Waals surface area contributed by atoms with Crippen molar-refractivity contribution in [3.63, 3.8) is 0 Å². The molecule has 0 spiro atoms. The molecule has 6 heteroatoms. The van der Waals surface area contributed by atoms with E-state index in [-0.39, 0.29) is 17.2 Å². The Hall–Kier alpha value is -4.03. The van der Waals surface area contributed by atoms with Crippen LogP contribution in [0.15, 0.2) is 88.2 Å². The van der Waals surface area contributed by atoms with E-state index in [1.165, 1.54) is 28.0 Å². The first kappa shape index (κ1) is 21.5. The van der Waals surface area contributed by atoms with E-state index in [2.05, 4.69) is 49.4 Å². The van der Waals surface area contributed by atoms with Gasteiger partial charge in [-0.2, -0.15) is 0 Å². The SMILES string of the molecule is Cc1ccc(C2C3=C(N=c4s/c(=C/c5ccc(C(=O)O)cc5)c(=O)n42)c2ccccc2CC3)cc1. The largest absolute Gasteiger partial charge is 0.478 e. The van der Waals surface area contributed by atoms with E-state index in [0.717, 1.165) is 35.2 Å². The highest BCUT2D eigenvalue weighted by Gasteiger charge is 2.32. The first-order valence-electron chi connectivity index (χ1n) is 11.5. The van der Waals surface area contributed by atoms with E-state index in [1.807, 2.05) is 16.7 Å². The Morgan fingerprint density at radius 1 is 1.03 bits per heavy atom. The quantitative estimate of drug-likeness (QED) is 0.477. The number of carboxylic acids is 1. The molecule has 2 heterocycles. The first-order chi connectivity index (χ1) is 17.0. The zero-order chi connectivity index (χ0) is 24.1. The monoisotopic (exact) mass is 478 g/mol. The fourth-order valence-corrected chi connectivity index (χ4v) is 5.95. The van der Waals surface area contributed by atoms with Gasteiger partial charge in [0.25, 0.3) is 5.56 Å². The lowest BCUT2D eigenvalue weighted by Gasteiger charge is -2.30. The molecular weight excluding hydrogens is 456 g/mol. The fraction of sp³-hybridized carbons (Fsp3) is 0.138. The summed E-state index contributed by atoms with van der Waals surface area (Å²) in [7, 11) is 0. The molecule has 0 saturated heterocycles. The smallest absolute Gasteiger partial charge is 0.335 e. The highest BCUT2D eigenvalue weighted by atomic mass is 32.1. The Kier molecular flexibility index (Phi) is 5.11. The van der Waals surface area contributed by atoms with Gasteiger partial charge in [-0.25, -0.2) is 9.79 Å². The van der Waals surface area contributed by atoms with Gasteiger partial charge in [-0.1, -0.05) is 77.6 Å². The molecular formula is C29H22N2O3S. The average molecular weight is 479 g/mol. The topological polar surface area (TPSA) is 71.7 Å². The van der Waals surface area contributed by atoms with Gasteiger partial charge in [0.2, 0.25) is 0 Å². The molecule has 0 amide bonds. The lowest BCUT2D eigenvalue weighted by atomic mass is 9.83. The van der Waals surface area contributed by atoms with Crippen molar-refractivity contribution in [2.24, 2.45) is 4.99 Å². The van der Waals surface area contributed by atoms with Gasteiger partial charge < -0.3 is 5.11 Å². The molecule has 0 saturated carbocycles. The first-order valence-corrected chi connectivity index (χ1v) is 12.3. The summed E-state index contributed by atoms with van der Waals surface area (Å²) in [6, 6.07) is 23.1. The normalized spacial score (nSPS) is 16.8. The van der Waals surface area contributed by atoms with Crippen molar-refractivity contribution < 1.29 is 9.90 Å². The van der Waals surface area contributed by atoms with Crippen molar-refractivity contribution in [2.45, 2.75) is 25.8 Å². The van der Waals surface area contributed by atoms with E-state index in [1.54, 1.807) is 24.3 Å². The summed E-state index contributed by atoms with van der Waals surface area (Å²) in [5, 5.41) is 9.17. The van der Waals surface area contributed by atoms with E-state index < -0.39 is 5.97 Å². The highest BCUT2D eigenvalue weighted by molar-refractivity contribution is 7.07. The second-order valence-corrected chi connectivity index (χ2v) is 9.96. The zero-order valence-corrected chi connectivity index (χ0v) is 19.9. The molecule has 1 unspecified atom stereocenters. The summed E-state index contributed by atoms with van der Waals surface area (Å²) < 4.78 is 2.41. The number of thiazole rings is 1. The summed E-state index contributed by atoms with van der Waals surface area (Å²) in [6.45, 7) is 2.06. The molecule has 2 aliphatic rings. The molecule has 1 atom stereocenters. The number of fused-ring (bicyclic) bond motifs is 3. The van der Waals surface area contributed by atoms with E-state index in [4.69, 9.17) is 10.1 Å². The molecule has 1 aromatic heterocycles. The van der Waals surface area contributed by atoms with Gasteiger partial charge in [0.05, 0.1) is 21.8 Å². The van der Waals surface area contributed by atoms with Gasteiger partial charge >= 0.3 is 5.97 Å². The third kappa shape index (κ3) is 3.67. The van der Waals surface area contributed by atoms with Gasteiger partial charge in [0, 0.05) is 5.56 Å². The summed E-state index contributed by atoms with van der Waals surface area (Å²) in [5.74, 6) is -0.972. The minimum Gasteiger partial charge on any atom is -0.478 e. The third-order valence-electron chi connectivity index (χ3n) is 6.72. The van der Waals surface area contributed by atoms with Crippen molar-refractivity contribution in [3.05, 3.63) is 131 Å². The van der Waals surface area contributed by atoms with E-state index in [0.29, 0.717) is 9.33 Å². The maximum Gasteiger partial charge on any atom is 0.335 e. The number of benzene rings is 3. The van der Waals surface area contributed by atoms with Crippen LogP contribution in [-0.2, 0) is 6.42 Å². The molecule has 1 aliphatic carbocycles. The Balaban J connectivity index is 1.57. The van der Waals surface area contributed by atoms with Gasteiger partial charge in [-0.05, 0) is 60.2 Å². The Bertz CT molecular complexity index is 1690. The van der Waals surface area contributed by atoms with Crippen molar-refractivity contribution in [3.8, 4) is 0 Å². The maximum atomic E-state index is 13.7.